The summed E-state index contributed by atoms with van der Waals surface area (Å²) in [5.41, 5.74) is 0. The van der Waals surface area contributed by atoms with E-state index in [-0.39, 0.29) is 5.75 Å². The quantitative estimate of drug-likeness (QED) is 0.704. The molecule has 1 nitrogen and oxygen atoms in total. The van der Waals surface area contributed by atoms with Crippen LogP contribution in [0.15, 0.2) is 16.6 Å². The lowest BCUT2D eigenvalue weighted by molar-refractivity contribution is 0.237. The summed E-state index contributed by atoms with van der Waals surface area (Å²) < 4.78 is 32.4. The van der Waals surface area contributed by atoms with Crippen LogP contribution in [0.4, 0.5) is 8.78 Å². The van der Waals surface area contributed by atoms with Gasteiger partial charge in [0.05, 0.1) is 6.61 Å². The van der Waals surface area contributed by atoms with E-state index in [2.05, 4.69) is 15.9 Å². The molecule has 0 radical (unpaired) electrons. The summed E-state index contributed by atoms with van der Waals surface area (Å²) in [7, 11) is 0. The van der Waals surface area contributed by atoms with E-state index in [1.54, 1.807) is 0 Å². The van der Waals surface area contributed by atoms with Gasteiger partial charge in [-0.3, -0.25) is 0 Å². The van der Waals surface area contributed by atoms with E-state index >= 15 is 0 Å². The maximum Gasteiger partial charge on any atom is 0.200 e. The molecule has 0 N–H and O–H groups in total. The average molecular weight is 319 g/mol. The molecular formula is C14H17BrF2O. The Morgan fingerprint density at radius 1 is 1.17 bits per heavy atom. The van der Waals surface area contributed by atoms with Crippen molar-refractivity contribution in [2.75, 3.05) is 6.61 Å². The second-order valence-corrected chi connectivity index (χ2v) is 5.76. The third kappa shape index (κ3) is 3.67. The predicted molar refractivity (Wildman–Crippen MR) is 70.7 cm³/mol. The first-order valence-electron chi connectivity index (χ1n) is 6.44. The van der Waals surface area contributed by atoms with Crippen molar-refractivity contribution in [1.29, 1.82) is 0 Å². The van der Waals surface area contributed by atoms with Crippen LogP contribution in [0.25, 0.3) is 0 Å². The zero-order valence-electron chi connectivity index (χ0n) is 10.2. The van der Waals surface area contributed by atoms with Crippen LogP contribution in [0.3, 0.4) is 0 Å². The van der Waals surface area contributed by atoms with Crippen LogP contribution in [-0.2, 0) is 0 Å². The van der Waals surface area contributed by atoms with Crippen LogP contribution in [0.1, 0.15) is 38.5 Å². The highest BCUT2D eigenvalue weighted by Crippen LogP contribution is 2.28. The Balaban J connectivity index is 1.86. The number of hydrogen-bond acceptors (Lipinski definition) is 1. The summed E-state index contributed by atoms with van der Waals surface area (Å²) in [5.74, 6) is -1.10. The van der Waals surface area contributed by atoms with E-state index in [0.717, 1.165) is 12.5 Å². The van der Waals surface area contributed by atoms with Crippen molar-refractivity contribution in [3.8, 4) is 5.75 Å². The SMILES string of the molecule is Fc1cc(Br)cc(OCCC2CCCCC2)c1F. The predicted octanol–water partition coefficient (Wildman–Crippen LogP) is 5.08. The molecule has 1 aromatic rings. The zero-order chi connectivity index (χ0) is 13.0. The van der Waals surface area contributed by atoms with E-state index in [4.69, 9.17) is 4.74 Å². The molecule has 0 unspecified atom stereocenters. The van der Waals surface area contributed by atoms with E-state index in [0.29, 0.717) is 17.0 Å². The minimum atomic E-state index is -0.901. The van der Waals surface area contributed by atoms with Gasteiger partial charge in [-0.2, -0.15) is 4.39 Å². The van der Waals surface area contributed by atoms with Crippen molar-refractivity contribution in [3.05, 3.63) is 28.2 Å². The molecule has 0 aliphatic heterocycles. The van der Waals surface area contributed by atoms with Crippen molar-refractivity contribution >= 4 is 15.9 Å². The first-order valence-corrected chi connectivity index (χ1v) is 7.23. The summed E-state index contributed by atoms with van der Waals surface area (Å²) >= 11 is 3.13. The van der Waals surface area contributed by atoms with Gasteiger partial charge in [0.1, 0.15) is 0 Å². The normalized spacial score (nSPS) is 16.8. The summed E-state index contributed by atoms with van der Waals surface area (Å²) in [4.78, 5) is 0. The van der Waals surface area contributed by atoms with E-state index in [9.17, 15) is 8.78 Å². The Hall–Kier alpha value is -0.640. The molecule has 0 bridgehead atoms. The highest BCUT2D eigenvalue weighted by Gasteiger charge is 2.15. The Morgan fingerprint density at radius 2 is 1.89 bits per heavy atom. The topological polar surface area (TPSA) is 9.23 Å². The fraction of sp³-hybridized carbons (Fsp3) is 0.571. The van der Waals surface area contributed by atoms with Gasteiger partial charge in [0, 0.05) is 4.47 Å². The lowest BCUT2D eigenvalue weighted by atomic mass is 9.87. The van der Waals surface area contributed by atoms with E-state index < -0.39 is 11.6 Å². The van der Waals surface area contributed by atoms with Crippen LogP contribution in [-0.4, -0.2) is 6.61 Å². The van der Waals surface area contributed by atoms with Gasteiger partial charge in [-0.05, 0) is 24.5 Å². The lowest BCUT2D eigenvalue weighted by Crippen LogP contribution is -2.11. The zero-order valence-corrected chi connectivity index (χ0v) is 11.8. The minimum absolute atomic E-state index is 0.00214. The molecule has 0 aromatic heterocycles. The van der Waals surface area contributed by atoms with E-state index in [1.165, 1.54) is 38.2 Å². The molecule has 2 rings (SSSR count). The first-order chi connectivity index (χ1) is 8.66. The minimum Gasteiger partial charge on any atom is -0.490 e. The monoisotopic (exact) mass is 318 g/mol. The molecule has 1 fully saturated rings. The molecular weight excluding hydrogens is 302 g/mol. The van der Waals surface area contributed by atoms with Crippen LogP contribution >= 0.6 is 15.9 Å². The summed E-state index contributed by atoms with van der Waals surface area (Å²) in [5, 5.41) is 0. The van der Waals surface area contributed by atoms with Gasteiger partial charge >= 0.3 is 0 Å². The van der Waals surface area contributed by atoms with Crippen molar-refractivity contribution in [2.24, 2.45) is 5.92 Å². The van der Waals surface area contributed by atoms with Crippen molar-refractivity contribution in [1.82, 2.24) is 0 Å². The molecule has 4 heteroatoms. The van der Waals surface area contributed by atoms with Gasteiger partial charge in [0.2, 0.25) is 5.82 Å². The molecule has 0 spiro atoms. The van der Waals surface area contributed by atoms with Crippen molar-refractivity contribution in [2.45, 2.75) is 38.5 Å². The standard InChI is InChI=1S/C14H17BrF2O/c15-11-8-12(16)14(17)13(9-11)18-7-6-10-4-2-1-3-5-10/h8-10H,1-7H2. The molecule has 1 aliphatic carbocycles. The fourth-order valence-electron chi connectivity index (χ4n) is 2.45. The fourth-order valence-corrected chi connectivity index (χ4v) is 2.86. The number of benzene rings is 1. The summed E-state index contributed by atoms with van der Waals surface area (Å²) in [6.45, 7) is 0.456. The molecule has 1 aliphatic rings. The highest BCUT2D eigenvalue weighted by molar-refractivity contribution is 9.10. The van der Waals surface area contributed by atoms with Crippen LogP contribution in [0.5, 0.6) is 5.75 Å². The molecule has 0 amide bonds. The van der Waals surface area contributed by atoms with Crippen molar-refractivity contribution in [3.63, 3.8) is 0 Å². The average Bonchev–Trinajstić information content (AvgIpc) is 2.36. The Kier molecular flexibility index (Phi) is 4.98. The molecule has 18 heavy (non-hydrogen) atoms. The van der Waals surface area contributed by atoms with E-state index in [1.807, 2.05) is 0 Å². The maximum atomic E-state index is 13.4. The smallest absolute Gasteiger partial charge is 0.200 e. The van der Waals surface area contributed by atoms with Crippen LogP contribution in [0.2, 0.25) is 0 Å². The van der Waals surface area contributed by atoms with Gasteiger partial charge in [0.15, 0.2) is 11.6 Å². The maximum absolute atomic E-state index is 13.4. The highest BCUT2D eigenvalue weighted by atomic mass is 79.9. The Morgan fingerprint density at radius 3 is 2.61 bits per heavy atom. The number of ether oxygens (including phenoxy) is 1. The molecule has 0 heterocycles. The Labute approximate surface area is 115 Å². The Bertz CT molecular complexity index is 403. The second-order valence-electron chi connectivity index (χ2n) is 4.84. The summed E-state index contributed by atoms with van der Waals surface area (Å²) in [6, 6.07) is 2.57. The third-order valence-corrected chi connectivity index (χ3v) is 3.93. The summed E-state index contributed by atoms with van der Waals surface area (Å²) in [6.07, 6.45) is 7.28. The number of hydrogen-bond donors (Lipinski definition) is 0. The second kappa shape index (κ2) is 6.50. The van der Waals surface area contributed by atoms with Gasteiger partial charge in [0.25, 0.3) is 0 Å². The molecule has 1 aromatic carbocycles. The molecule has 100 valence electrons. The van der Waals surface area contributed by atoms with Crippen LogP contribution in [0, 0.1) is 17.6 Å². The van der Waals surface area contributed by atoms with Crippen molar-refractivity contribution < 1.29 is 13.5 Å². The number of halogens is 3. The van der Waals surface area contributed by atoms with Gasteiger partial charge in [-0.1, -0.05) is 48.0 Å². The molecule has 0 atom stereocenters. The lowest BCUT2D eigenvalue weighted by Gasteiger charge is -2.21. The van der Waals surface area contributed by atoms with Gasteiger partial charge in [-0.15, -0.1) is 0 Å². The largest absolute Gasteiger partial charge is 0.490 e. The molecule has 1 saturated carbocycles. The van der Waals surface area contributed by atoms with Crippen LogP contribution < -0.4 is 4.74 Å². The number of rotatable bonds is 4. The van der Waals surface area contributed by atoms with Gasteiger partial charge in [-0.25, -0.2) is 4.39 Å². The van der Waals surface area contributed by atoms with Gasteiger partial charge < -0.3 is 4.74 Å². The molecule has 0 saturated heterocycles. The first kappa shape index (κ1) is 13.8. The third-order valence-electron chi connectivity index (χ3n) is 3.47.